The average molecular weight is 770 g/mol. The second kappa shape index (κ2) is 18.2. The molecule has 0 aliphatic rings. The van der Waals surface area contributed by atoms with Gasteiger partial charge in [-0.2, -0.15) is 0 Å². The first-order valence-corrected chi connectivity index (χ1v) is 19.1. The van der Waals surface area contributed by atoms with E-state index >= 15 is 0 Å². The number of ether oxygens (including phenoxy) is 1. The molecule has 276 valence electrons. The molecule has 3 N–H and O–H groups in total. The molecule has 11 heteroatoms. The number of amides is 3. The second-order valence-corrected chi connectivity index (χ2v) is 14.3. The van der Waals surface area contributed by atoms with Gasteiger partial charge in [-0.05, 0) is 67.4 Å². The fraction of sp³-hybridized carbons (Fsp3) is 0.0909. The largest absolute Gasteiger partial charge is 0.462 e. The number of halogens is 1. The van der Waals surface area contributed by atoms with Gasteiger partial charge in [-0.25, -0.2) is 9.18 Å². The van der Waals surface area contributed by atoms with E-state index in [2.05, 4.69) is 16.0 Å². The van der Waals surface area contributed by atoms with Crippen LogP contribution in [-0.2, 0) is 14.3 Å². The van der Waals surface area contributed by atoms with Gasteiger partial charge in [0, 0.05) is 32.7 Å². The molecule has 6 rings (SSSR count). The Morgan fingerprint density at radius 2 is 1.51 bits per heavy atom. The first-order chi connectivity index (χ1) is 26.7. The second-order valence-electron chi connectivity index (χ2n) is 12.2. The Bertz CT molecular complexity index is 2350. The van der Waals surface area contributed by atoms with E-state index in [1.165, 1.54) is 47.4 Å². The number of hydrogen-bond acceptors (Lipinski definition) is 7. The third-order valence-electron chi connectivity index (χ3n) is 8.29. The van der Waals surface area contributed by atoms with Crippen LogP contribution in [0.1, 0.15) is 49.6 Å². The quantitative estimate of drug-likeness (QED) is 0.0613. The Morgan fingerprint density at radius 1 is 0.818 bits per heavy atom. The van der Waals surface area contributed by atoms with Gasteiger partial charge in [0.1, 0.15) is 27.3 Å². The summed E-state index contributed by atoms with van der Waals surface area (Å²) in [4.78, 5) is 54.9. The van der Waals surface area contributed by atoms with Gasteiger partial charge in [0.15, 0.2) is 0 Å². The van der Waals surface area contributed by atoms with Gasteiger partial charge < -0.3 is 20.7 Å². The molecular formula is C44H36FN3O5S2. The maximum atomic E-state index is 14.7. The minimum atomic E-state index is -0.770. The van der Waals surface area contributed by atoms with Crippen molar-refractivity contribution >= 4 is 63.6 Å². The molecule has 0 fully saturated rings. The van der Waals surface area contributed by atoms with Crippen molar-refractivity contribution < 1.29 is 28.3 Å². The van der Waals surface area contributed by atoms with Crippen LogP contribution >= 0.6 is 23.1 Å². The fourth-order valence-electron chi connectivity index (χ4n) is 5.55. The predicted octanol–water partition coefficient (Wildman–Crippen LogP) is 9.92. The van der Waals surface area contributed by atoms with E-state index in [1.54, 1.807) is 61.5 Å². The highest BCUT2D eigenvalue weighted by Crippen LogP contribution is 2.40. The Morgan fingerprint density at radius 3 is 2.22 bits per heavy atom. The maximum absolute atomic E-state index is 14.7. The van der Waals surface area contributed by atoms with E-state index in [-0.39, 0.29) is 29.3 Å². The van der Waals surface area contributed by atoms with Crippen LogP contribution in [0.25, 0.3) is 17.2 Å². The summed E-state index contributed by atoms with van der Waals surface area (Å²) >= 11 is 2.50. The summed E-state index contributed by atoms with van der Waals surface area (Å²) in [7, 11) is 0. The molecule has 0 aliphatic carbocycles. The molecule has 0 radical (unpaired) electrons. The highest BCUT2D eigenvalue weighted by Gasteiger charge is 2.28. The smallest absolute Gasteiger partial charge is 0.341 e. The number of carbonyl (C=O) groups is 4. The van der Waals surface area contributed by atoms with Crippen LogP contribution in [0.5, 0.6) is 0 Å². The highest BCUT2D eigenvalue weighted by molar-refractivity contribution is 8.00. The van der Waals surface area contributed by atoms with Crippen molar-refractivity contribution in [1.82, 2.24) is 5.32 Å². The fourth-order valence-corrected chi connectivity index (χ4v) is 7.60. The molecular weight excluding hydrogens is 734 g/mol. The van der Waals surface area contributed by atoms with Crippen LogP contribution in [0, 0.1) is 12.7 Å². The first kappa shape index (κ1) is 38.4. The molecule has 6 aromatic rings. The first-order valence-electron chi connectivity index (χ1n) is 17.3. The van der Waals surface area contributed by atoms with Crippen LogP contribution in [0.2, 0.25) is 0 Å². The van der Waals surface area contributed by atoms with E-state index in [9.17, 15) is 23.6 Å². The Hall–Kier alpha value is -6.30. The van der Waals surface area contributed by atoms with Crippen molar-refractivity contribution in [1.29, 1.82) is 0 Å². The monoisotopic (exact) mass is 769 g/mol. The average Bonchev–Trinajstić information content (AvgIpc) is 3.62. The summed E-state index contributed by atoms with van der Waals surface area (Å²) in [5.74, 6) is -2.69. The van der Waals surface area contributed by atoms with Crippen LogP contribution < -0.4 is 16.0 Å². The molecule has 1 heterocycles. The van der Waals surface area contributed by atoms with Crippen molar-refractivity contribution in [3.63, 3.8) is 0 Å². The molecule has 0 saturated heterocycles. The van der Waals surface area contributed by atoms with Gasteiger partial charge in [-0.3, -0.25) is 14.4 Å². The molecule has 8 nitrogen and oxygen atoms in total. The van der Waals surface area contributed by atoms with Gasteiger partial charge in [0.05, 0.1) is 6.61 Å². The number of esters is 1. The highest BCUT2D eigenvalue weighted by atomic mass is 32.2. The number of thiophene rings is 1. The number of carbonyl (C=O) groups excluding carboxylic acids is 4. The molecule has 1 aromatic heterocycles. The zero-order chi connectivity index (χ0) is 38.7. The lowest BCUT2D eigenvalue weighted by Gasteiger charge is -2.18. The zero-order valence-electron chi connectivity index (χ0n) is 29.9. The Labute approximate surface area is 326 Å². The minimum Gasteiger partial charge on any atom is -0.462 e. The molecule has 0 aliphatic heterocycles. The standard InChI is InChI=1S/C44H36FN3O5S2/c1-3-53-44(52)38-35(29-23-21-28(2)22-24-29)27-54-43(38)48-42(51)39(30-13-6-4-7-14-30)55-34-19-12-18-33(26-34)46-41(50)37(25-32-17-10-11-20-36(32)45)47-40(49)31-15-8-5-9-16-31/h4-27,39H,3H2,1-2H3,(H,46,50)(H,47,49)(H,48,51)/b37-25-. The number of rotatable bonds is 13. The molecule has 0 bridgehead atoms. The SMILES string of the molecule is CCOC(=O)c1c(-c2ccc(C)cc2)csc1NC(=O)C(Sc1cccc(NC(=O)/C(=C/c2ccccc2F)NC(=O)c2ccccc2)c1)c1ccccc1. The number of aryl methyl sites for hydroxylation is 1. The molecule has 0 spiro atoms. The van der Waals surface area contributed by atoms with E-state index in [0.29, 0.717) is 32.3 Å². The summed E-state index contributed by atoms with van der Waals surface area (Å²) in [6, 6.07) is 38.2. The summed E-state index contributed by atoms with van der Waals surface area (Å²) < 4.78 is 20.1. The van der Waals surface area contributed by atoms with Crippen molar-refractivity contribution in [2.75, 3.05) is 17.2 Å². The molecule has 0 saturated carbocycles. The number of anilines is 2. The van der Waals surface area contributed by atoms with E-state index in [4.69, 9.17) is 4.74 Å². The molecule has 5 aromatic carbocycles. The van der Waals surface area contributed by atoms with Crippen LogP contribution in [0.3, 0.4) is 0 Å². The van der Waals surface area contributed by atoms with Crippen molar-refractivity contribution in [2.45, 2.75) is 24.0 Å². The minimum absolute atomic E-state index is 0.116. The maximum Gasteiger partial charge on any atom is 0.341 e. The van der Waals surface area contributed by atoms with E-state index in [1.807, 2.05) is 73.0 Å². The zero-order valence-corrected chi connectivity index (χ0v) is 31.5. The van der Waals surface area contributed by atoms with Crippen LogP contribution in [0.15, 0.2) is 149 Å². The lowest BCUT2D eigenvalue weighted by atomic mass is 10.0. The Balaban J connectivity index is 1.26. The predicted molar refractivity (Wildman–Crippen MR) is 217 cm³/mol. The van der Waals surface area contributed by atoms with Crippen molar-refractivity contribution in [2.24, 2.45) is 0 Å². The van der Waals surface area contributed by atoms with Gasteiger partial charge in [0.2, 0.25) is 5.91 Å². The van der Waals surface area contributed by atoms with Crippen LogP contribution in [0.4, 0.5) is 15.1 Å². The lowest BCUT2D eigenvalue weighted by molar-refractivity contribution is -0.116. The molecule has 55 heavy (non-hydrogen) atoms. The van der Waals surface area contributed by atoms with Gasteiger partial charge in [-0.1, -0.05) is 103 Å². The third kappa shape index (κ3) is 9.82. The van der Waals surface area contributed by atoms with Gasteiger partial charge in [0.25, 0.3) is 11.8 Å². The molecule has 1 atom stereocenters. The molecule has 3 amide bonds. The summed E-state index contributed by atoms with van der Waals surface area (Å²) in [6.07, 6.45) is 1.28. The molecule has 1 unspecified atom stereocenters. The number of hydrogen-bond donors (Lipinski definition) is 3. The lowest BCUT2D eigenvalue weighted by Crippen LogP contribution is -2.30. The van der Waals surface area contributed by atoms with Crippen molar-refractivity contribution in [3.05, 3.63) is 178 Å². The van der Waals surface area contributed by atoms with Gasteiger partial charge in [-0.15, -0.1) is 23.1 Å². The summed E-state index contributed by atoms with van der Waals surface area (Å²) in [5, 5.41) is 9.86. The summed E-state index contributed by atoms with van der Waals surface area (Å²) in [6.45, 7) is 3.88. The number of benzene rings is 5. The Kier molecular flexibility index (Phi) is 12.7. The van der Waals surface area contributed by atoms with Crippen molar-refractivity contribution in [3.8, 4) is 11.1 Å². The van der Waals surface area contributed by atoms with E-state index in [0.717, 1.165) is 11.1 Å². The number of thioether (sulfide) groups is 1. The van der Waals surface area contributed by atoms with Crippen LogP contribution in [-0.4, -0.2) is 30.3 Å². The third-order valence-corrected chi connectivity index (χ3v) is 10.4. The summed E-state index contributed by atoms with van der Waals surface area (Å²) in [5.41, 5.74) is 4.20. The number of nitrogens with one attached hydrogen (secondary N) is 3. The van der Waals surface area contributed by atoms with E-state index < -0.39 is 28.9 Å². The topological polar surface area (TPSA) is 114 Å². The van der Waals surface area contributed by atoms with Gasteiger partial charge >= 0.3 is 5.97 Å². The normalized spacial score (nSPS) is 11.7.